The maximum absolute atomic E-state index is 2.46. The summed E-state index contributed by atoms with van der Waals surface area (Å²) < 4.78 is 0. The molecular weight excluding hydrogens is 504 g/mol. The van der Waals surface area contributed by atoms with Crippen LogP contribution in [0.15, 0.2) is 133 Å². The lowest BCUT2D eigenvalue weighted by atomic mass is 9.66. The van der Waals surface area contributed by atoms with Gasteiger partial charge in [0.15, 0.2) is 0 Å². The zero-order valence-corrected chi connectivity index (χ0v) is 24.7. The van der Waals surface area contributed by atoms with Crippen molar-refractivity contribution in [2.45, 2.75) is 38.5 Å². The van der Waals surface area contributed by atoms with Gasteiger partial charge in [-0.2, -0.15) is 0 Å². The quantitative estimate of drug-likeness (QED) is 0.210. The molecule has 0 heterocycles. The molecule has 0 nitrogen and oxygen atoms in total. The van der Waals surface area contributed by atoms with Crippen molar-refractivity contribution in [1.82, 2.24) is 0 Å². The third kappa shape index (κ3) is 3.13. The van der Waals surface area contributed by atoms with Crippen molar-refractivity contribution in [3.8, 4) is 22.3 Å². The van der Waals surface area contributed by atoms with Gasteiger partial charge in [-0.05, 0) is 94.5 Å². The van der Waals surface area contributed by atoms with Crippen LogP contribution in [0.3, 0.4) is 0 Å². The van der Waals surface area contributed by atoms with E-state index in [2.05, 4.69) is 161 Å². The van der Waals surface area contributed by atoms with Crippen LogP contribution in [0, 0.1) is 20.8 Å². The highest BCUT2D eigenvalue weighted by Crippen LogP contribution is 2.61. The summed E-state index contributed by atoms with van der Waals surface area (Å²) >= 11 is 0. The monoisotopic (exact) mass is 538 g/mol. The minimum absolute atomic E-state index is 0.285. The predicted octanol–water partition coefficient (Wildman–Crippen LogP) is 10.3. The Labute approximate surface area is 249 Å². The van der Waals surface area contributed by atoms with Crippen molar-refractivity contribution in [2.24, 2.45) is 0 Å². The minimum atomic E-state index is -0.410. The summed E-state index contributed by atoms with van der Waals surface area (Å²) in [6, 6.07) is 50.5. The van der Waals surface area contributed by atoms with E-state index in [-0.39, 0.29) is 5.41 Å². The molecule has 1 atom stereocenters. The molecule has 1 unspecified atom stereocenters. The zero-order chi connectivity index (χ0) is 28.6. The molecule has 0 spiro atoms. The van der Waals surface area contributed by atoms with E-state index in [0.29, 0.717) is 0 Å². The molecule has 0 radical (unpaired) electrons. The maximum Gasteiger partial charge on any atom is 0.0713 e. The van der Waals surface area contributed by atoms with Crippen LogP contribution >= 0.6 is 0 Å². The van der Waals surface area contributed by atoms with E-state index in [0.717, 1.165) is 0 Å². The number of hydrogen-bond donors (Lipinski definition) is 0. The van der Waals surface area contributed by atoms with Gasteiger partial charge in [-0.1, -0.05) is 145 Å². The van der Waals surface area contributed by atoms with Crippen LogP contribution in [-0.4, -0.2) is 0 Å². The predicted molar refractivity (Wildman–Crippen MR) is 175 cm³/mol. The van der Waals surface area contributed by atoms with Gasteiger partial charge >= 0.3 is 0 Å². The van der Waals surface area contributed by atoms with E-state index in [1.807, 2.05) is 0 Å². The van der Waals surface area contributed by atoms with Crippen LogP contribution in [0.1, 0.15) is 62.6 Å². The fourth-order valence-electron chi connectivity index (χ4n) is 8.26. The summed E-state index contributed by atoms with van der Waals surface area (Å²) in [6.07, 6.45) is 0. The number of rotatable bonds is 3. The van der Waals surface area contributed by atoms with Crippen molar-refractivity contribution in [2.75, 3.05) is 0 Å². The standard InChI is InChI=1S/C42H34/c1-27-19-23-30(24-20-27)42(31-25-21-28(2)22-26-31)36-16-8-6-13-34(36)39-37(17-10-18-38(39)42)41(4)35-15-7-5-12-32(35)33-14-9-11-29(3)40(33)41/h5-26H,1-4H3. The molecule has 2 aliphatic carbocycles. The van der Waals surface area contributed by atoms with Crippen molar-refractivity contribution < 1.29 is 0 Å². The average Bonchev–Trinajstić information content (AvgIpc) is 3.47. The van der Waals surface area contributed by atoms with E-state index in [1.165, 1.54) is 77.9 Å². The van der Waals surface area contributed by atoms with E-state index in [1.54, 1.807) is 0 Å². The van der Waals surface area contributed by atoms with Crippen molar-refractivity contribution in [1.29, 1.82) is 0 Å². The molecule has 42 heavy (non-hydrogen) atoms. The first-order chi connectivity index (χ1) is 20.5. The maximum atomic E-state index is 2.46. The van der Waals surface area contributed by atoms with Crippen LogP contribution in [0.5, 0.6) is 0 Å². The summed E-state index contributed by atoms with van der Waals surface area (Å²) in [5, 5.41) is 0. The Hall–Kier alpha value is -4.68. The lowest BCUT2D eigenvalue weighted by Crippen LogP contribution is -2.29. The fraction of sp³-hybridized carbons (Fsp3) is 0.143. The smallest absolute Gasteiger partial charge is 0.0619 e. The Morgan fingerprint density at radius 3 is 1.57 bits per heavy atom. The Bertz CT molecular complexity index is 1960. The van der Waals surface area contributed by atoms with Crippen LogP contribution in [0.2, 0.25) is 0 Å². The third-order valence-electron chi connectivity index (χ3n) is 10.1. The summed E-state index contributed by atoms with van der Waals surface area (Å²) in [5.74, 6) is 0. The molecule has 0 heteroatoms. The molecule has 2 aliphatic rings. The molecule has 0 saturated heterocycles. The second-order valence-electron chi connectivity index (χ2n) is 12.4. The highest BCUT2D eigenvalue weighted by molar-refractivity contribution is 5.92. The van der Waals surface area contributed by atoms with Crippen molar-refractivity contribution in [3.05, 3.63) is 189 Å². The Kier molecular flexibility index (Phi) is 5.32. The lowest BCUT2D eigenvalue weighted by molar-refractivity contribution is 0.706. The molecule has 0 N–H and O–H groups in total. The fourth-order valence-corrected chi connectivity index (χ4v) is 8.26. The van der Waals surface area contributed by atoms with E-state index < -0.39 is 5.41 Å². The molecule has 8 rings (SSSR count). The summed E-state index contributed by atoms with van der Waals surface area (Å²) in [4.78, 5) is 0. The largest absolute Gasteiger partial charge is 0.0713 e. The Morgan fingerprint density at radius 2 is 0.905 bits per heavy atom. The average molecular weight is 539 g/mol. The highest BCUT2D eigenvalue weighted by atomic mass is 14.5. The summed E-state index contributed by atoms with van der Waals surface area (Å²) in [7, 11) is 0. The van der Waals surface area contributed by atoms with Crippen molar-refractivity contribution in [3.63, 3.8) is 0 Å². The topological polar surface area (TPSA) is 0 Å². The van der Waals surface area contributed by atoms with E-state index in [4.69, 9.17) is 0 Å². The zero-order valence-electron chi connectivity index (χ0n) is 24.7. The number of hydrogen-bond acceptors (Lipinski definition) is 0. The molecule has 0 aliphatic heterocycles. The number of fused-ring (bicyclic) bond motifs is 6. The Balaban J connectivity index is 1.53. The van der Waals surface area contributed by atoms with Gasteiger partial charge in [0, 0.05) is 5.41 Å². The van der Waals surface area contributed by atoms with Gasteiger partial charge in [0.05, 0.1) is 5.41 Å². The third-order valence-corrected chi connectivity index (χ3v) is 10.1. The minimum Gasteiger partial charge on any atom is -0.0619 e. The molecular formula is C42H34. The summed E-state index contributed by atoms with van der Waals surface area (Å²) in [6.45, 7) is 9.09. The van der Waals surface area contributed by atoms with Gasteiger partial charge in [0.1, 0.15) is 0 Å². The van der Waals surface area contributed by atoms with E-state index in [9.17, 15) is 0 Å². The lowest BCUT2D eigenvalue weighted by Gasteiger charge is -2.35. The van der Waals surface area contributed by atoms with Gasteiger partial charge in [-0.3, -0.25) is 0 Å². The first-order valence-electron chi connectivity index (χ1n) is 15.0. The SMILES string of the molecule is Cc1ccc(C2(c3ccc(C)cc3)c3ccccc3-c3c(C4(C)c5ccccc5-c5cccc(C)c54)cccc32)cc1. The normalized spacial score (nSPS) is 17.3. The molecule has 0 bridgehead atoms. The molecule has 0 fully saturated rings. The van der Waals surface area contributed by atoms with Crippen LogP contribution in [0.4, 0.5) is 0 Å². The van der Waals surface area contributed by atoms with Gasteiger partial charge in [-0.25, -0.2) is 0 Å². The molecule has 0 aromatic heterocycles. The van der Waals surface area contributed by atoms with Gasteiger partial charge < -0.3 is 0 Å². The van der Waals surface area contributed by atoms with Crippen LogP contribution in [-0.2, 0) is 10.8 Å². The highest BCUT2D eigenvalue weighted by Gasteiger charge is 2.50. The second kappa shape index (κ2) is 8.91. The molecule has 0 saturated carbocycles. The molecule has 0 amide bonds. The van der Waals surface area contributed by atoms with Gasteiger partial charge in [-0.15, -0.1) is 0 Å². The van der Waals surface area contributed by atoms with Crippen LogP contribution < -0.4 is 0 Å². The van der Waals surface area contributed by atoms with E-state index >= 15 is 0 Å². The molecule has 6 aromatic carbocycles. The van der Waals surface area contributed by atoms with Crippen molar-refractivity contribution >= 4 is 0 Å². The molecule has 202 valence electrons. The second-order valence-corrected chi connectivity index (χ2v) is 12.4. The molecule has 6 aromatic rings. The summed E-state index contributed by atoms with van der Waals surface area (Å²) in [5.41, 5.74) is 18.2. The first kappa shape index (κ1) is 25.1. The van der Waals surface area contributed by atoms with Gasteiger partial charge in [0.2, 0.25) is 0 Å². The van der Waals surface area contributed by atoms with Gasteiger partial charge in [0.25, 0.3) is 0 Å². The number of benzene rings is 6. The number of aryl methyl sites for hydroxylation is 3. The first-order valence-corrected chi connectivity index (χ1v) is 15.0. The van der Waals surface area contributed by atoms with Crippen LogP contribution in [0.25, 0.3) is 22.3 Å². The Morgan fingerprint density at radius 1 is 0.405 bits per heavy atom.